The lowest BCUT2D eigenvalue weighted by molar-refractivity contribution is 0.268. The third kappa shape index (κ3) is 2.44. The normalized spacial score (nSPS) is 11.8. The van der Waals surface area contributed by atoms with Crippen LogP contribution in [0.2, 0.25) is 0 Å². The molecule has 2 aromatic rings. The lowest BCUT2D eigenvalue weighted by Crippen LogP contribution is -1.98. The molecule has 0 saturated heterocycles. The number of rotatable bonds is 4. The quantitative estimate of drug-likeness (QED) is 0.495. The number of benzene rings is 1. The van der Waals surface area contributed by atoms with Crippen LogP contribution in [0, 0.1) is 0 Å². The summed E-state index contributed by atoms with van der Waals surface area (Å²) in [7, 11) is 0. The fourth-order valence-corrected chi connectivity index (χ4v) is 1.50. The average Bonchev–Trinajstić information content (AvgIpc) is 2.86. The van der Waals surface area contributed by atoms with Crippen LogP contribution < -0.4 is 0 Å². The van der Waals surface area contributed by atoms with Crippen molar-refractivity contribution in [2.75, 3.05) is 6.61 Å². The topological polar surface area (TPSA) is 86.8 Å². The third-order valence-corrected chi connectivity index (χ3v) is 2.37. The average molecular weight is 229 g/mol. The molecule has 0 amide bonds. The number of nitrogens with zero attached hydrogens (tertiary/aromatic N) is 5. The van der Waals surface area contributed by atoms with Gasteiger partial charge < -0.3 is 5.11 Å². The van der Waals surface area contributed by atoms with Crippen molar-refractivity contribution in [3.63, 3.8) is 0 Å². The largest absolute Gasteiger partial charge is 0.396 e. The van der Waals surface area contributed by atoms with Crippen molar-refractivity contribution < 1.29 is 5.11 Å². The van der Waals surface area contributed by atoms with Crippen molar-refractivity contribution in [2.24, 2.45) is 5.11 Å². The van der Waals surface area contributed by atoms with E-state index in [1.54, 1.807) is 17.1 Å². The lowest BCUT2D eigenvalue weighted by atomic mass is 10.2. The van der Waals surface area contributed by atoms with Gasteiger partial charge in [-0.25, -0.2) is 4.68 Å². The highest BCUT2D eigenvalue weighted by Crippen LogP contribution is 2.17. The van der Waals surface area contributed by atoms with E-state index in [9.17, 15) is 0 Å². The zero-order chi connectivity index (χ0) is 12.1. The van der Waals surface area contributed by atoms with E-state index in [1.807, 2.05) is 30.3 Å². The molecule has 1 aromatic carbocycles. The molecule has 1 atom stereocenters. The van der Waals surface area contributed by atoms with Crippen LogP contribution in [0.3, 0.4) is 0 Å². The predicted molar refractivity (Wildman–Crippen MR) is 62.5 cm³/mol. The van der Waals surface area contributed by atoms with Crippen molar-refractivity contribution in [3.05, 3.63) is 58.7 Å². The fraction of sp³-hybridized carbons (Fsp3) is 0.182. The minimum Gasteiger partial charge on any atom is -0.396 e. The number of aromatic nitrogens is 2. The summed E-state index contributed by atoms with van der Waals surface area (Å²) in [5.41, 5.74) is 9.98. The molecule has 17 heavy (non-hydrogen) atoms. The molecule has 86 valence electrons. The summed E-state index contributed by atoms with van der Waals surface area (Å²) in [5, 5.41) is 16.7. The second-order valence-corrected chi connectivity index (χ2v) is 3.46. The number of azide groups is 1. The maximum Gasteiger partial charge on any atom is 0.0886 e. The first-order valence-corrected chi connectivity index (χ1v) is 5.10. The van der Waals surface area contributed by atoms with Crippen LogP contribution in [-0.4, -0.2) is 21.5 Å². The molecule has 0 spiro atoms. The van der Waals surface area contributed by atoms with Gasteiger partial charge >= 0.3 is 0 Å². The van der Waals surface area contributed by atoms with Gasteiger partial charge in [0.1, 0.15) is 0 Å². The number of hydrogen-bond acceptors (Lipinski definition) is 3. The van der Waals surface area contributed by atoms with E-state index >= 15 is 0 Å². The van der Waals surface area contributed by atoms with Crippen molar-refractivity contribution in [1.82, 2.24) is 9.78 Å². The summed E-state index contributed by atoms with van der Waals surface area (Å²) >= 11 is 0. The molecular formula is C11H11N5O. The van der Waals surface area contributed by atoms with Crippen molar-refractivity contribution in [3.8, 4) is 5.69 Å². The van der Waals surface area contributed by atoms with E-state index in [4.69, 9.17) is 10.6 Å². The van der Waals surface area contributed by atoms with Crippen molar-refractivity contribution in [1.29, 1.82) is 0 Å². The van der Waals surface area contributed by atoms with Gasteiger partial charge in [0.05, 0.1) is 24.5 Å². The molecule has 1 heterocycles. The first-order chi connectivity index (χ1) is 8.35. The molecule has 1 unspecified atom stereocenters. The summed E-state index contributed by atoms with van der Waals surface area (Å²) in [6.07, 6.45) is 3.33. The molecule has 6 nitrogen and oxygen atoms in total. The van der Waals surface area contributed by atoms with Gasteiger partial charge in [-0.05, 0) is 17.7 Å². The van der Waals surface area contributed by atoms with E-state index in [0.29, 0.717) is 5.56 Å². The second kappa shape index (κ2) is 5.16. The Morgan fingerprint density at radius 2 is 2.18 bits per heavy atom. The van der Waals surface area contributed by atoms with E-state index in [-0.39, 0.29) is 6.61 Å². The maximum atomic E-state index is 9.09. The lowest BCUT2D eigenvalue weighted by Gasteiger charge is -2.03. The van der Waals surface area contributed by atoms with Gasteiger partial charge in [0.25, 0.3) is 0 Å². The number of hydrogen-bond donors (Lipinski definition) is 1. The minimum absolute atomic E-state index is 0.232. The molecule has 0 bridgehead atoms. The highest BCUT2D eigenvalue weighted by molar-refractivity contribution is 5.31. The summed E-state index contributed by atoms with van der Waals surface area (Å²) in [5.74, 6) is 0. The Kier molecular flexibility index (Phi) is 3.40. The van der Waals surface area contributed by atoms with Crippen molar-refractivity contribution in [2.45, 2.75) is 6.04 Å². The van der Waals surface area contributed by atoms with Crippen LogP contribution >= 0.6 is 0 Å². The van der Waals surface area contributed by atoms with Crippen LogP contribution in [0.25, 0.3) is 16.1 Å². The molecule has 0 saturated carbocycles. The van der Waals surface area contributed by atoms with Gasteiger partial charge in [-0.3, -0.25) is 0 Å². The Bertz CT molecular complexity index is 530. The Labute approximate surface area is 97.8 Å². The van der Waals surface area contributed by atoms with Gasteiger partial charge in [-0.15, -0.1) is 0 Å². The van der Waals surface area contributed by atoms with Gasteiger partial charge in [0, 0.05) is 16.7 Å². The minimum atomic E-state index is -0.586. The molecule has 0 aliphatic heterocycles. The molecule has 1 N–H and O–H groups in total. The third-order valence-electron chi connectivity index (χ3n) is 2.37. The molecule has 0 aliphatic rings. The number of para-hydroxylation sites is 1. The second-order valence-electron chi connectivity index (χ2n) is 3.46. The molecule has 1 aromatic heterocycles. The van der Waals surface area contributed by atoms with Crippen LogP contribution in [0.5, 0.6) is 0 Å². The standard InChI is InChI=1S/C11H11N5O/c12-15-14-11(8-17)9-6-13-16(7-9)10-4-2-1-3-5-10/h1-7,11,17H,8H2. The summed E-state index contributed by atoms with van der Waals surface area (Å²) < 4.78 is 1.67. The van der Waals surface area contributed by atoms with Crippen LogP contribution in [0.1, 0.15) is 11.6 Å². The Balaban J connectivity index is 2.30. The Hall–Kier alpha value is -2.30. The maximum absolute atomic E-state index is 9.09. The molecule has 0 aliphatic carbocycles. The predicted octanol–water partition coefficient (Wildman–Crippen LogP) is 2.22. The van der Waals surface area contributed by atoms with Gasteiger partial charge in [-0.1, -0.05) is 23.3 Å². The summed E-state index contributed by atoms with van der Waals surface area (Å²) in [4.78, 5) is 2.69. The first-order valence-electron chi connectivity index (χ1n) is 5.10. The SMILES string of the molecule is [N-]=[N+]=NC(CO)c1cnn(-c2ccccc2)c1. The van der Waals surface area contributed by atoms with E-state index in [2.05, 4.69) is 15.1 Å². The monoisotopic (exact) mass is 229 g/mol. The molecule has 0 fully saturated rings. The molecular weight excluding hydrogens is 218 g/mol. The van der Waals surface area contributed by atoms with Crippen LogP contribution in [0.4, 0.5) is 0 Å². The zero-order valence-corrected chi connectivity index (χ0v) is 9.01. The van der Waals surface area contributed by atoms with Crippen LogP contribution in [-0.2, 0) is 0 Å². The Morgan fingerprint density at radius 3 is 2.82 bits per heavy atom. The van der Waals surface area contributed by atoms with E-state index < -0.39 is 6.04 Å². The Morgan fingerprint density at radius 1 is 1.41 bits per heavy atom. The van der Waals surface area contributed by atoms with E-state index in [0.717, 1.165) is 5.69 Å². The highest BCUT2D eigenvalue weighted by Gasteiger charge is 2.10. The summed E-state index contributed by atoms with van der Waals surface area (Å²) in [6, 6.07) is 8.99. The van der Waals surface area contributed by atoms with Gasteiger partial charge in [0.15, 0.2) is 0 Å². The van der Waals surface area contributed by atoms with Gasteiger partial charge in [0.2, 0.25) is 0 Å². The smallest absolute Gasteiger partial charge is 0.0886 e. The highest BCUT2D eigenvalue weighted by atomic mass is 16.3. The number of aliphatic hydroxyl groups is 1. The molecule has 2 rings (SSSR count). The van der Waals surface area contributed by atoms with Gasteiger partial charge in [-0.2, -0.15) is 5.10 Å². The summed E-state index contributed by atoms with van der Waals surface area (Å²) in [6.45, 7) is -0.232. The first kappa shape index (κ1) is 11.2. The van der Waals surface area contributed by atoms with Crippen LogP contribution in [0.15, 0.2) is 47.8 Å². The zero-order valence-electron chi connectivity index (χ0n) is 9.01. The van der Waals surface area contributed by atoms with E-state index in [1.165, 1.54) is 0 Å². The fourth-order valence-electron chi connectivity index (χ4n) is 1.50. The molecule has 0 radical (unpaired) electrons. The molecule has 6 heteroatoms. The van der Waals surface area contributed by atoms with Crippen molar-refractivity contribution >= 4 is 0 Å². The number of aliphatic hydroxyl groups excluding tert-OH is 1.